The van der Waals surface area contributed by atoms with Crippen molar-refractivity contribution in [3.8, 4) is 11.8 Å². The van der Waals surface area contributed by atoms with Crippen LogP contribution in [0.5, 0.6) is 5.75 Å². The van der Waals surface area contributed by atoms with Crippen LogP contribution in [0.3, 0.4) is 0 Å². The van der Waals surface area contributed by atoms with Crippen molar-refractivity contribution in [2.45, 2.75) is 0 Å². The van der Waals surface area contributed by atoms with E-state index in [1.165, 1.54) is 5.56 Å². The van der Waals surface area contributed by atoms with Crippen LogP contribution in [0.25, 0.3) is 6.08 Å². The first-order valence-corrected chi connectivity index (χ1v) is 9.10. The average Bonchev–Trinajstić information content (AvgIpc) is 2.73. The summed E-state index contributed by atoms with van der Waals surface area (Å²) in [7, 11) is 0. The molecule has 3 rings (SSSR count). The van der Waals surface area contributed by atoms with Crippen LogP contribution in [0.15, 0.2) is 60.7 Å². The van der Waals surface area contributed by atoms with Crippen molar-refractivity contribution >= 4 is 12.0 Å². The van der Waals surface area contributed by atoms with Crippen LogP contribution in [-0.4, -0.2) is 55.0 Å². The molecule has 1 aliphatic heterocycles. The van der Waals surface area contributed by atoms with E-state index >= 15 is 0 Å². The topological polar surface area (TPSA) is 56.6 Å². The number of carbonyl (C=O) groups excluding carboxylic acids is 1. The average molecular weight is 361 g/mol. The van der Waals surface area contributed by atoms with E-state index in [1.54, 1.807) is 24.3 Å². The number of hydrogen-bond donors (Lipinski definition) is 0. The van der Waals surface area contributed by atoms with Crippen LogP contribution < -0.4 is 4.74 Å². The maximum absolute atomic E-state index is 12.4. The quantitative estimate of drug-likeness (QED) is 0.794. The maximum Gasteiger partial charge on any atom is 0.260 e. The molecule has 0 aliphatic carbocycles. The van der Waals surface area contributed by atoms with Crippen LogP contribution in [-0.2, 0) is 4.79 Å². The Bertz CT molecular complexity index is 819. The molecule has 5 heteroatoms. The SMILES string of the molecule is N#Cc1ccccc1OCC(=O)N1CCN(C/C=C/c2ccccc2)CC1. The third kappa shape index (κ3) is 5.44. The van der Waals surface area contributed by atoms with Gasteiger partial charge in [-0.1, -0.05) is 54.6 Å². The van der Waals surface area contributed by atoms with E-state index in [2.05, 4.69) is 35.3 Å². The lowest BCUT2D eigenvalue weighted by atomic mass is 10.2. The van der Waals surface area contributed by atoms with Crippen LogP contribution in [0.4, 0.5) is 0 Å². The number of piperazine rings is 1. The molecule has 0 aromatic heterocycles. The van der Waals surface area contributed by atoms with Gasteiger partial charge in [0.2, 0.25) is 0 Å². The highest BCUT2D eigenvalue weighted by Gasteiger charge is 2.21. The number of nitriles is 1. The predicted octanol–water partition coefficient (Wildman–Crippen LogP) is 2.79. The van der Waals surface area contributed by atoms with E-state index in [0.29, 0.717) is 24.4 Å². The number of amides is 1. The summed E-state index contributed by atoms with van der Waals surface area (Å²) in [6.45, 7) is 3.93. The summed E-state index contributed by atoms with van der Waals surface area (Å²) in [4.78, 5) is 16.5. The molecule has 1 fully saturated rings. The van der Waals surface area contributed by atoms with Gasteiger partial charge in [-0.25, -0.2) is 0 Å². The van der Waals surface area contributed by atoms with Gasteiger partial charge in [0.15, 0.2) is 6.61 Å². The van der Waals surface area contributed by atoms with Gasteiger partial charge in [-0.3, -0.25) is 9.69 Å². The Hall–Kier alpha value is -3.10. The summed E-state index contributed by atoms with van der Waals surface area (Å²) in [5.41, 5.74) is 1.64. The molecule has 2 aromatic rings. The van der Waals surface area contributed by atoms with Gasteiger partial charge in [0, 0.05) is 32.7 Å². The highest BCUT2D eigenvalue weighted by atomic mass is 16.5. The summed E-state index contributed by atoms with van der Waals surface area (Å²) in [6.07, 6.45) is 4.28. The zero-order valence-electron chi connectivity index (χ0n) is 15.3. The molecule has 1 aliphatic rings. The van der Waals surface area contributed by atoms with E-state index in [-0.39, 0.29) is 12.5 Å². The molecule has 5 nitrogen and oxygen atoms in total. The van der Waals surface area contributed by atoms with Crippen LogP contribution in [0.2, 0.25) is 0 Å². The van der Waals surface area contributed by atoms with Gasteiger partial charge in [-0.05, 0) is 17.7 Å². The predicted molar refractivity (Wildman–Crippen MR) is 105 cm³/mol. The Morgan fingerprint density at radius 1 is 1.04 bits per heavy atom. The van der Waals surface area contributed by atoms with Crippen molar-refractivity contribution in [1.82, 2.24) is 9.80 Å². The number of rotatable bonds is 6. The zero-order valence-corrected chi connectivity index (χ0v) is 15.3. The van der Waals surface area contributed by atoms with Crippen molar-refractivity contribution in [1.29, 1.82) is 5.26 Å². The second kappa shape index (κ2) is 9.56. The molecule has 138 valence electrons. The second-order valence-electron chi connectivity index (χ2n) is 6.39. The molecule has 27 heavy (non-hydrogen) atoms. The largest absolute Gasteiger partial charge is 0.482 e. The molecule has 0 radical (unpaired) electrons. The first-order chi connectivity index (χ1) is 13.3. The number of benzene rings is 2. The van der Waals surface area contributed by atoms with E-state index in [4.69, 9.17) is 10.00 Å². The first kappa shape index (κ1) is 18.7. The van der Waals surface area contributed by atoms with Gasteiger partial charge < -0.3 is 9.64 Å². The second-order valence-corrected chi connectivity index (χ2v) is 6.39. The fourth-order valence-corrected chi connectivity index (χ4v) is 3.00. The monoisotopic (exact) mass is 361 g/mol. The molecule has 1 heterocycles. The molecular formula is C22H23N3O2. The van der Waals surface area contributed by atoms with Gasteiger partial charge in [0.1, 0.15) is 11.8 Å². The summed E-state index contributed by atoms with van der Waals surface area (Å²) < 4.78 is 5.55. The van der Waals surface area contributed by atoms with Gasteiger partial charge in [0.25, 0.3) is 5.91 Å². The Labute approximate surface area is 160 Å². The Morgan fingerprint density at radius 2 is 1.74 bits per heavy atom. The molecule has 0 atom stereocenters. The smallest absolute Gasteiger partial charge is 0.260 e. The molecule has 1 amide bonds. The van der Waals surface area contributed by atoms with E-state index in [0.717, 1.165) is 19.6 Å². The van der Waals surface area contributed by atoms with E-state index < -0.39 is 0 Å². The lowest BCUT2D eigenvalue weighted by molar-refractivity contribution is -0.135. The summed E-state index contributed by atoms with van der Waals surface area (Å²) in [5.74, 6) is 0.417. The summed E-state index contributed by atoms with van der Waals surface area (Å²) in [6, 6.07) is 19.3. The Kier molecular flexibility index (Phi) is 6.61. The molecular weight excluding hydrogens is 338 g/mol. The molecule has 0 N–H and O–H groups in total. The summed E-state index contributed by atoms with van der Waals surface area (Å²) >= 11 is 0. The van der Waals surface area contributed by atoms with Gasteiger partial charge >= 0.3 is 0 Å². The molecule has 2 aromatic carbocycles. The van der Waals surface area contributed by atoms with Crippen molar-refractivity contribution in [3.05, 3.63) is 71.8 Å². The standard InChI is InChI=1S/C22H23N3O2/c23-17-20-10-4-5-11-21(20)27-18-22(26)25-15-13-24(14-16-25)12-6-9-19-7-2-1-3-8-19/h1-11H,12-16,18H2/b9-6+. The fourth-order valence-electron chi connectivity index (χ4n) is 3.00. The highest BCUT2D eigenvalue weighted by Crippen LogP contribution is 2.16. The third-order valence-electron chi connectivity index (χ3n) is 4.56. The van der Waals surface area contributed by atoms with Crippen molar-refractivity contribution in [3.63, 3.8) is 0 Å². The molecule has 0 spiro atoms. The molecule has 1 saturated heterocycles. The van der Waals surface area contributed by atoms with Crippen LogP contribution >= 0.6 is 0 Å². The van der Waals surface area contributed by atoms with Crippen molar-refractivity contribution in [2.24, 2.45) is 0 Å². The van der Waals surface area contributed by atoms with Crippen LogP contribution in [0, 0.1) is 11.3 Å². The minimum atomic E-state index is -0.0396. The minimum absolute atomic E-state index is 0.0351. The fraction of sp³-hybridized carbons (Fsp3) is 0.273. The minimum Gasteiger partial charge on any atom is -0.482 e. The number of ether oxygens (including phenoxy) is 1. The highest BCUT2D eigenvalue weighted by molar-refractivity contribution is 5.78. The Balaban J connectivity index is 1.41. The summed E-state index contributed by atoms with van der Waals surface area (Å²) in [5, 5.41) is 9.07. The first-order valence-electron chi connectivity index (χ1n) is 9.10. The van der Waals surface area contributed by atoms with E-state index in [1.807, 2.05) is 23.1 Å². The normalized spacial score (nSPS) is 14.9. The third-order valence-corrected chi connectivity index (χ3v) is 4.56. The van der Waals surface area contributed by atoms with Gasteiger partial charge in [-0.2, -0.15) is 5.26 Å². The molecule has 0 saturated carbocycles. The Morgan fingerprint density at radius 3 is 2.48 bits per heavy atom. The molecule has 0 unspecified atom stereocenters. The van der Waals surface area contributed by atoms with Crippen molar-refractivity contribution in [2.75, 3.05) is 39.3 Å². The lowest BCUT2D eigenvalue weighted by Gasteiger charge is -2.34. The number of para-hydroxylation sites is 1. The maximum atomic E-state index is 12.4. The van der Waals surface area contributed by atoms with Gasteiger partial charge in [0.05, 0.1) is 5.56 Å². The number of carbonyl (C=O) groups is 1. The van der Waals surface area contributed by atoms with Crippen LogP contribution in [0.1, 0.15) is 11.1 Å². The van der Waals surface area contributed by atoms with Crippen molar-refractivity contribution < 1.29 is 9.53 Å². The molecule has 0 bridgehead atoms. The van der Waals surface area contributed by atoms with E-state index in [9.17, 15) is 4.79 Å². The number of hydrogen-bond acceptors (Lipinski definition) is 4. The lowest BCUT2D eigenvalue weighted by Crippen LogP contribution is -2.49. The van der Waals surface area contributed by atoms with Gasteiger partial charge in [-0.15, -0.1) is 0 Å². The number of nitrogens with zero attached hydrogens (tertiary/aromatic N) is 3. The zero-order chi connectivity index (χ0) is 18.9.